The van der Waals surface area contributed by atoms with Crippen LogP contribution < -0.4 is 0 Å². The normalized spacial score (nSPS) is 19.2. The summed E-state index contributed by atoms with van der Waals surface area (Å²) in [6.45, 7) is 5.43. The van der Waals surface area contributed by atoms with Crippen LogP contribution in [0.15, 0.2) is 22.7 Å². The summed E-state index contributed by atoms with van der Waals surface area (Å²) >= 11 is 0. The van der Waals surface area contributed by atoms with Gasteiger partial charge in [0.1, 0.15) is 11.5 Å². The molecule has 0 N–H and O–H groups in total. The van der Waals surface area contributed by atoms with Crippen LogP contribution in [0.25, 0.3) is 0 Å². The molecule has 0 radical (unpaired) electrons. The smallest absolute Gasteiger partial charge is 0.118 e. The van der Waals surface area contributed by atoms with Crippen LogP contribution in [0.3, 0.4) is 0 Å². The SMILES string of the molecule is COCC1CN(Cc2ccc(C)o2)Cc2cnn(C)c21. The van der Waals surface area contributed by atoms with Crippen LogP contribution in [-0.2, 0) is 24.9 Å². The third-order valence-corrected chi connectivity index (χ3v) is 3.87. The summed E-state index contributed by atoms with van der Waals surface area (Å²) in [5.74, 6) is 2.35. The fourth-order valence-corrected chi connectivity index (χ4v) is 3.09. The Labute approximate surface area is 119 Å². The maximum Gasteiger partial charge on any atom is 0.118 e. The van der Waals surface area contributed by atoms with E-state index in [1.165, 1.54) is 11.3 Å². The molecule has 5 nitrogen and oxygen atoms in total. The molecule has 1 unspecified atom stereocenters. The van der Waals surface area contributed by atoms with Crippen molar-refractivity contribution in [2.75, 3.05) is 20.3 Å². The quantitative estimate of drug-likeness (QED) is 0.856. The molecular weight excluding hydrogens is 254 g/mol. The molecule has 108 valence electrons. The molecule has 0 spiro atoms. The molecule has 1 aliphatic rings. The second-order valence-corrected chi connectivity index (χ2v) is 5.51. The van der Waals surface area contributed by atoms with Gasteiger partial charge in [-0.3, -0.25) is 9.58 Å². The van der Waals surface area contributed by atoms with E-state index >= 15 is 0 Å². The van der Waals surface area contributed by atoms with E-state index in [-0.39, 0.29) is 0 Å². The number of rotatable bonds is 4. The Morgan fingerprint density at radius 3 is 3.00 bits per heavy atom. The number of methoxy groups -OCH3 is 1. The maximum absolute atomic E-state index is 5.68. The first-order valence-electron chi connectivity index (χ1n) is 6.94. The second-order valence-electron chi connectivity index (χ2n) is 5.51. The zero-order valence-electron chi connectivity index (χ0n) is 12.3. The minimum Gasteiger partial charge on any atom is -0.465 e. The van der Waals surface area contributed by atoms with Crippen LogP contribution >= 0.6 is 0 Å². The molecule has 0 aliphatic carbocycles. The molecule has 0 fully saturated rings. The fourth-order valence-electron chi connectivity index (χ4n) is 3.09. The Kier molecular flexibility index (Phi) is 3.63. The van der Waals surface area contributed by atoms with E-state index in [1.54, 1.807) is 7.11 Å². The highest BCUT2D eigenvalue weighted by Crippen LogP contribution is 2.29. The Bertz CT molecular complexity index is 588. The zero-order chi connectivity index (χ0) is 14.1. The summed E-state index contributed by atoms with van der Waals surface area (Å²) in [4.78, 5) is 2.39. The molecule has 3 rings (SSSR count). The van der Waals surface area contributed by atoms with Gasteiger partial charge in [0, 0.05) is 44.4 Å². The van der Waals surface area contributed by atoms with Crippen molar-refractivity contribution in [3.05, 3.63) is 41.1 Å². The molecule has 0 bridgehead atoms. The Morgan fingerprint density at radius 1 is 1.45 bits per heavy atom. The number of aromatic nitrogens is 2. The van der Waals surface area contributed by atoms with Crippen LogP contribution in [-0.4, -0.2) is 34.9 Å². The Morgan fingerprint density at radius 2 is 2.30 bits per heavy atom. The average molecular weight is 275 g/mol. The summed E-state index contributed by atoms with van der Waals surface area (Å²) < 4.78 is 13.0. The molecule has 2 aromatic heterocycles. The van der Waals surface area contributed by atoms with Gasteiger partial charge >= 0.3 is 0 Å². The number of ether oxygens (including phenoxy) is 1. The fraction of sp³-hybridized carbons (Fsp3) is 0.533. The summed E-state index contributed by atoms with van der Waals surface area (Å²) in [6.07, 6.45) is 1.97. The molecule has 0 saturated heterocycles. The lowest BCUT2D eigenvalue weighted by atomic mass is 9.97. The van der Waals surface area contributed by atoms with E-state index in [4.69, 9.17) is 9.15 Å². The first kappa shape index (κ1) is 13.4. The first-order chi connectivity index (χ1) is 9.67. The molecule has 0 aromatic carbocycles. The van der Waals surface area contributed by atoms with Crippen LogP contribution in [0.4, 0.5) is 0 Å². The summed E-state index contributed by atoms with van der Waals surface area (Å²) in [5.41, 5.74) is 2.60. The van der Waals surface area contributed by atoms with Gasteiger partial charge < -0.3 is 9.15 Å². The van der Waals surface area contributed by atoms with Gasteiger partial charge in [-0.1, -0.05) is 0 Å². The Balaban J connectivity index is 1.79. The molecular formula is C15H21N3O2. The van der Waals surface area contributed by atoms with Crippen molar-refractivity contribution in [1.29, 1.82) is 0 Å². The van der Waals surface area contributed by atoms with Crippen molar-refractivity contribution in [3.8, 4) is 0 Å². The van der Waals surface area contributed by atoms with E-state index in [0.717, 1.165) is 37.8 Å². The Hall–Kier alpha value is -1.59. The van der Waals surface area contributed by atoms with Gasteiger partial charge in [0.15, 0.2) is 0 Å². The lowest BCUT2D eigenvalue weighted by molar-refractivity contribution is 0.128. The predicted octanol–water partition coefficient (Wildman–Crippen LogP) is 2.07. The monoisotopic (exact) mass is 275 g/mol. The van der Waals surface area contributed by atoms with Crippen molar-refractivity contribution in [2.45, 2.75) is 25.9 Å². The van der Waals surface area contributed by atoms with Gasteiger partial charge in [-0.05, 0) is 19.1 Å². The van der Waals surface area contributed by atoms with Gasteiger partial charge in [-0.15, -0.1) is 0 Å². The van der Waals surface area contributed by atoms with Crippen LogP contribution in [0.1, 0.15) is 28.7 Å². The highest BCUT2D eigenvalue weighted by atomic mass is 16.5. The van der Waals surface area contributed by atoms with Gasteiger partial charge in [0.2, 0.25) is 0 Å². The third kappa shape index (κ3) is 2.51. The van der Waals surface area contributed by atoms with E-state index < -0.39 is 0 Å². The van der Waals surface area contributed by atoms with Gasteiger partial charge in [-0.25, -0.2) is 0 Å². The largest absolute Gasteiger partial charge is 0.465 e. The third-order valence-electron chi connectivity index (χ3n) is 3.87. The second kappa shape index (κ2) is 5.42. The minimum absolute atomic E-state index is 0.368. The van der Waals surface area contributed by atoms with Crippen molar-refractivity contribution in [2.24, 2.45) is 7.05 Å². The van der Waals surface area contributed by atoms with E-state index in [1.807, 2.05) is 30.9 Å². The van der Waals surface area contributed by atoms with Gasteiger partial charge in [0.25, 0.3) is 0 Å². The van der Waals surface area contributed by atoms with E-state index in [0.29, 0.717) is 5.92 Å². The van der Waals surface area contributed by atoms with Crippen LogP contribution in [0.2, 0.25) is 0 Å². The number of aryl methyl sites for hydroxylation is 2. The maximum atomic E-state index is 5.68. The van der Waals surface area contributed by atoms with E-state index in [9.17, 15) is 0 Å². The predicted molar refractivity (Wildman–Crippen MR) is 75.4 cm³/mol. The lowest BCUT2D eigenvalue weighted by Crippen LogP contribution is -2.35. The number of hydrogen-bond donors (Lipinski definition) is 0. The van der Waals surface area contributed by atoms with Gasteiger partial charge in [0.05, 0.1) is 19.3 Å². The molecule has 2 aromatic rings. The zero-order valence-corrected chi connectivity index (χ0v) is 12.3. The highest BCUT2D eigenvalue weighted by Gasteiger charge is 2.28. The van der Waals surface area contributed by atoms with Crippen LogP contribution in [0, 0.1) is 6.92 Å². The standard InChI is InChI=1S/C15H21N3O2/c1-11-4-5-14(20-11)9-18-7-12-6-16-17(2)15(12)13(8-18)10-19-3/h4-6,13H,7-10H2,1-3H3. The van der Waals surface area contributed by atoms with E-state index in [2.05, 4.69) is 16.1 Å². The summed E-state index contributed by atoms with van der Waals surface area (Å²) in [5, 5.41) is 4.39. The lowest BCUT2D eigenvalue weighted by Gasteiger charge is -2.32. The number of furan rings is 1. The molecule has 1 atom stereocenters. The first-order valence-corrected chi connectivity index (χ1v) is 6.94. The highest BCUT2D eigenvalue weighted by molar-refractivity contribution is 5.25. The molecule has 5 heteroatoms. The van der Waals surface area contributed by atoms with Crippen molar-refractivity contribution < 1.29 is 9.15 Å². The van der Waals surface area contributed by atoms with Crippen molar-refractivity contribution in [1.82, 2.24) is 14.7 Å². The summed E-state index contributed by atoms with van der Waals surface area (Å²) in [7, 11) is 3.76. The minimum atomic E-state index is 0.368. The average Bonchev–Trinajstić information content (AvgIpc) is 2.97. The number of nitrogens with zero attached hydrogens (tertiary/aromatic N) is 3. The number of fused-ring (bicyclic) bond motifs is 1. The van der Waals surface area contributed by atoms with Crippen molar-refractivity contribution in [3.63, 3.8) is 0 Å². The molecule has 3 heterocycles. The molecule has 20 heavy (non-hydrogen) atoms. The molecule has 0 saturated carbocycles. The number of hydrogen-bond acceptors (Lipinski definition) is 4. The van der Waals surface area contributed by atoms with Gasteiger partial charge in [-0.2, -0.15) is 5.10 Å². The van der Waals surface area contributed by atoms with Crippen LogP contribution in [0.5, 0.6) is 0 Å². The molecule has 1 aliphatic heterocycles. The molecule has 0 amide bonds. The topological polar surface area (TPSA) is 43.4 Å². The summed E-state index contributed by atoms with van der Waals surface area (Å²) in [6, 6.07) is 4.07. The van der Waals surface area contributed by atoms with Crippen molar-refractivity contribution >= 4 is 0 Å².